The van der Waals surface area contributed by atoms with Gasteiger partial charge in [0, 0.05) is 0 Å². The first kappa shape index (κ1) is 27.5. The summed E-state index contributed by atoms with van der Waals surface area (Å²) >= 11 is -4.93. The quantitative estimate of drug-likeness (QED) is 0.174. The summed E-state index contributed by atoms with van der Waals surface area (Å²) in [6, 6.07) is 51.0. The fourth-order valence-electron chi connectivity index (χ4n) is 7.16. The molecular formula is C40H28O4Ti. The zero-order valence-electron chi connectivity index (χ0n) is 24.3. The average molecular weight is 621 g/mol. The number of rotatable bonds is 6. The third-order valence-electron chi connectivity index (χ3n) is 9.00. The molecule has 2 aliphatic rings. The normalized spacial score (nSPS) is 13.3. The Balaban J connectivity index is 1.45. The van der Waals surface area contributed by atoms with E-state index in [1.807, 2.05) is 84.9 Å². The second-order valence-corrected chi connectivity index (χ2v) is 16.1. The fourth-order valence-corrected chi connectivity index (χ4v) is 14.0. The van der Waals surface area contributed by atoms with Crippen LogP contribution < -0.4 is 0 Å². The van der Waals surface area contributed by atoms with Gasteiger partial charge >= 0.3 is 267 Å². The second-order valence-electron chi connectivity index (χ2n) is 11.4. The van der Waals surface area contributed by atoms with Gasteiger partial charge in [-0.25, -0.2) is 0 Å². The third kappa shape index (κ3) is 4.49. The van der Waals surface area contributed by atoms with E-state index >= 15 is 0 Å². The zero-order valence-corrected chi connectivity index (χ0v) is 25.9. The molecule has 8 rings (SSSR count). The Kier molecular flexibility index (Phi) is 6.82. The Bertz CT molecular complexity index is 1830. The predicted octanol–water partition coefficient (Wildman–Crippen LogP) is 9.22. The van der Waals surface area contributed by atoms with E-state index in [1.54, 1.807) is 24.3 Å². The van der Waals surface area contributed by atoms with E-state index in [0.29, 0.717) is 11.1 Å². The Hall–Kier alpha value is -5.03. The molecule has 6 aromatic rings. The number of benzene rings is 6. The predicted molar refractivity (Wildman–Crippen MR) is 171 cm³/mol. The molecule has 4 nitrogen and oxygen atoms in total. The number of hydrogen-bond acceptors (Lipinski definition) is 4. The van der Waals surface area contributed by atoms with Crippen molar-refractivity contribution in [3.63, 3.8) is 0 Å². The Labute approximate surface area is 266 Å². The maximum absolute atomic E-state index is 14.4. The molecule has 0 unspecified atom stereocenters. The summed E-state index contributed by atoms with van der Waals surface area (Å²) < 4.78 is 13.1. The molecule has 0 spiro atoms. The summed E-state index contributed by atoms with van der Waals surface area (Å²) in [6.45, 7) is 0. The average Bonchev–Trinajstić information content (AvgIpc) is 3.63. The van der Waals surface area contributed by atoms with E-state index in [4.69, 9.17) is 6.64 Å². The number of fused-ring (bicyclic) bond motifs is 6. The van der Waals surface area contributed by atoms with Crippen LogP contribution in [0.25, 0.3) is 22.3 Å². The molecule has 0 N–H and O–H groups in total. The molecule has 5 heteroatoms. The molecule has 0 saturated heterocycles. The van der Waals surface area contributed by atoms with Gasteiger partial charge in [-0.15, -0.1) is 0 Å². The molecule has 0 heterocycles. The van der Waals surface area contributed by atoms with Crippen LogP contribution in [-0.2, 0) is 24.0 Å². The molecule has 0 fully saturated rings. The Morgan fingerprint density at radius 2 is 0.644 bits per heavy atom. The third-order valence-corrected chi connectivity index (χ3v) is 15.0. The van der Waals surface area contributed by atoms with E-state index in [0.717, 1.165) is 44.5 Å². The molecule has 0 amide bonds. The van der Waals surface area contributed by atoms with Gasteiger partial charge in [-0.1, -0.05) is 0 Å². The zero-order chi connectivity index (χ0) is 30.4. The summed E-state index contributed by atoms with van der Waals surface area (Å²) in [4.78, 5) is 28.7. The van der Waals surface area contributed by atoms with Crippen LogP contribution in [0.5, 0.6) is 0 Å². The number of carbonyl (C=O) groups excluding carboxylic acids is 2. The molecule has 216 valence electrons. The summed E-state index contributed by atoms with van der Waals surface area (Å²) in [5, 5.41) is 0. The van der Waals surface area contributed by atoms with Crippen molar-refractivity contribution in [1.29, 1.82) is 0 Å². The van der Waals surface area contributed by atoms with Gasteiger partial charge in [-0.05, 0) is 0 Å². The van der Waals surface area contributed by atoms with Gasteiger partial charge in [0.2, 0.25) is 0 Å². The van der Waals surface area contributed by atoms with Crippen molar-refractivity contribution in [3.05, 3.63) is 191 Å². The van der Waals surface area contributed by atoms with Crippen LogP contribution in [0.2, 0.25) is 0 Å². The Morgan fingerprint density at radius 1 is 0.378 bits per heavy atom. The van der Waals surface area contributed by atoms with Crippen LogP contribution in [0.1, 0.15) is 51.4 Å². The number of hydrogen-bond donors (Lipinski definition) is 0. The monoisotopic (exact) mass is 620 g/mol. The van der Waals surface area contributed by atoms with Crippen molar-refractivity contribution in [2.45, 2.75) is 8.45 Å². The van der Waals surface area contributed by atoms with Gasteiger partial charge in [0.25, 0.3) is 0 Å². The van der Waals surface area contributed by atoms with Crippen molar-refractivity contribution in [2.24, 2.45) is 0 Å². The summed E-state index contributed by atoms with van der Waals surface area (Å²) in [6.07, 6.45) is 0. The van der Waals surface area contributed by atoms with Crippen molar-refractivity contribution >= 4 is 11.9 Å². The van der Waals surface area contributed by atoms with E-state index in [2.05, 4.69) is 48.5 Å². The summed E-state index contributed by atoms with van der Waals surface area (Å²) in [5.74, 6) is -0.972. The molecule has 2 aliphatic carbocycles. The first-order valence-corrected chi connectivity index (χ1v) is 18.2. The minimum absolute atomic E-state index is 0.419. The van der Waals surface area contributed by atoms with Crippen LogP contribution in [0.4, 0.5) is 0 Å². The van der Waals surface area contributed by atoms with Gasteiger partial charge in [0.1, 0.15) is 0 Å². The SMILES string of the molecule is O=C([O][Ti]([O]C(=O)c1ccccc1)([CH]1c2ccccc2-c2ccccc21)[CH]1c2ccccc2-c2ccccc21)c1ccccc1. The molecule has 0 saturated carbocycles. The molecule has 0 aromatic heterocycles. The van der Waals surface area contributed by atoms with Gasteiger partial charge in [-0.2, -0.15) is 0 Å². The summed E-state index contributed by atoms with van der Waals surface area (Å²) in [5.41, 5.74) is 9.18. The van der Waals surface area contributed by atoms with Gasteiger partial charge in [0.15, 0.2) is 0 Å². The maximum atomic E-state index is 14.4. The summed E-state index contributed by atoms with van der Waals surface area (Å²) in [7, 11) is 0. The first-order chi connectivity index (χ1) is 22.2. The molecule has 45 heavy (non-hydrogen) atoms. The van der Waals surface area contributed by atoms with E-state index < -0.39 is 37.7 Å². The van der Waals surface area contributed by atoms with Crippen LogP contribution in [0.15, 0.2) is 158 Å². The minimum atomic E-state index is -4.93. The van der Waals surface area contributed by atoms with Crippen molar-refractivity contribution in [2.75, 3.05) is 0 Å². The van der Waals surface area contributed by atoms with Crippen LogP contribution in [0, 0.1) is 0 Å². The van der Waals surface area contributed by atoms with Crippen molar-refractivity contribution in [3.8, 4) is 22.3 Å². The topological polar surface area (TPSA) is 52.6 Å². The Morgan fingerprint density at radius 3 is 0.956 bits per heavy atom. The van der Waals surface area contributed by atoms with E-state index in [1.165, 1.54) is 0 Å². The van der Waals surface area contributed by atoms with Crippen molar-refractivity contribution in [1.82, 2.24) is 0 Å². The van der Waals surface area contributed by atoms with Gasteiger partial charge < -0.3 is 0 Å². The van der Waals surface area contributed by atoms with Crippen LogP contribution in [-0.4, -0.2) is 11.9 Å². The molecule has 0 bridgehead atoms. The number of carbonyl (C=O) groups is 2. The molecule has 0 atom stereocenters. The standard InChI is InChI=1S/2C13H9.2C7H6O2.Ti/c2*1-3-7-12-10(5-1)9-11-6-2-4-8-13(11)12;2*8-7(9)6-4-2-1-3-5-6;/h2*1-9H;2*1-5H,(H,8,9);/q;;;;+2/p-2. The van der Waals surface area contributed by atoms with Crippen molar-refractivity contribution < 1.29 is 33.6 Å². The second kappa shape index (κ2) is 11.2. The molecular weight excluding hydrogens is 592 g/mol. The van der Waals surface area contributed by atoms with Crippen LogP contribution >= 0.6 is 0 Å². The van der Waals surface area contributed by atoms with Gasteiger partial charge in [-0.3, -0.25) is 0 Å². The molecule has 6 aromatic carbocycles. The van der Waals surface area contributed by atoms with Gasteiger partial charge in [0.05, 0.1) is 0 Å². The van der Waals surface area contributed by atoms with E-state index in [9.17, 15) is 9.59 Å². The van der Waals surface area contributed by atoms with E-state index in [-0.39, 0.29) is 0 Å². The molecule has 0 aliphatic heterocycles. The van der Waals surface area contributed by atoms with Crippen LogP contribution in [0.3, 0.4) is 0 Å². The molecule has 0 radical (unpaired) electrons. The first-order valence-electron chi connectivity index (χ1n) is 15.1. The fraction of sp³-hybridized carbons (Fsp3) is 0.0500.